The van der Waals surface area contributed by atoms with Crippen molar-refractivity contribution in [2.75, 3.05) is 6.54 Å². The van der Waals surface area contributed by atoms with E-state index in [0.717, 1.165) is 12.1 Å². The molecule has 2 N–H and O–H groups in total. The van der Waals surface area contributed by atoms with Gasteiger partial charge in [0, 0.05) is 13.0 Å². The lowest BCUT2D eigenvalue weighted by molar-refractivity contribution is -0.137. The predicted molar refractivity (Wildman–Crippen MR) is 99.2 cm³/mol. The molecule has 150 valence electrons. The second-order valence-corrected chi connectivity index (χ2v) is 6.63. The molecule has 0 aliphatic carbocycles. The summed E-state index contributed by atoms with van der Waals surface area (Å²) in [5.74, 6) is -1.40. The summed E-state index contributed by atoms with van der Waals surface area (Å²) >= 11 is 0. The Kier molecular flexibility index (Phi) is 7.20. The standard InChI is InChI=1S/C21H22F3NO3/c1-14(16-6-4-7-17(13-16)21(22,23)24)11-12-25-19(26)10-9-15-5-2-3-8-18(15)20(27)28/h2-8,13-14H,9-12H2,1H3,(H,25,26)(H,27,28). The van der Waals surface area contributed by atoms with Crippen molar-refractivity contribution < 1.29 is 27.9 Å². The fourth-order valence-electron chi connectivity index (χ4n) is 2.90. The zero-order chi connectivity index (χ0) is 20.7. The lowest BCUT2D eigenvalue weighted by atomic mass is 9.96. The van der Waals surface area contributed by atoms with Crippen molar-refractivity contribution in [1.29, 1.82) is 0 Å². The molecule has 0 bridgehead atoms. The third-order valence-electron chi connectivity index (χ3n) is 4.55. The molecule has 0 spiro atoms. The Hall–Kier alpha value is -2.83. The number of nitrogens with one attached hydrogen (secondary N) is 1. The molecule has 0 saturated heterocycles. The molecule has 0 fully saturated rings. The predicted octanol–water partition coefficient (Wildman–Crippen LogP) is 4.65. The highest BCUT2D eigenvalue weighted by Gasteiger charge is 2.30. The Bertz CT molecular complexity index is 834. The number of rotatable bonds is 8. The SMILES string of the molecule is CC(CCNC(=O)CCc1ccccc1C(=O)O)c1cccc(C(F)(F)F)c1. The maximum Gasteiger partial charge on any atom is 0.416 e. The molecule has 1 atom stereocenters. The van der Waals surface area contributed by atoms with E-state index < -0.39 is 17.7 Å². The van der Waals surface area contributed by atoms with Gasteiger partial charge in [-0.1, -0.05) is 43.3 Å². The Morgan fingerprint density at radius 3 is 2.50 bits per heavy atom. The number of carboxylic acid groups (broad SMARTS) is 1. The van der Waals surface area contributed by atoms with Gasteiger partial charge >= 0.3 is 12.1 Å². The number of halogens is 3. The van der Waals surface area contributed by atoms with E-state index in [0.29, 0.717) is 30.5 Å². The van der Waals surface area contributed by atoms with Crippen molar-refractivity contribution >= 4 is 11.9 Å². The van der Waals surface area contributed by atoms with E-state index in [1.807, 2.05) is 6.92 Å². The minimum Gasteiger partial charge on any atom is -0.478 e. The van der Waals surface area contributed by atoms with Crippen molar-refractivity contribution in [2.45, 2.75) is 38.3 Å². The molecule has 2 aromatic carbocycles. The zero-order valence-electron chi connectivity index (χ0n) is 15.4. The maximum absolute atomic E-state index is 12.8. The molecule has 28 heavy (non-hydrogen) atoms. The molecule has 0 aliphatic rings. The van der Waals surface area contributed by atoms with Crippen LogP contribution in [0.2, 0.25) is 0 Å². The molecule has 0 aliphatic heterocycles. The van der Waals surface area contributed by atoms with Crippen LogP contribution in [0.1, 0.15) is 52.7 Å². The summed E-state index contributed by atoms with van der Waals surface area (Å²) in [5, 5.41) is 11.9. The number of hydrogen-bond donors (Lipinski definition) is 2. The van der Waals surface area contributed by atoms with Gasteiger partial charge in [-0.05, 0) is 42.0 Å². The summed E-state index contributed by atoms with van der Waals surface area (Å²) in [6.45, 7) is 2.14. The Morgan fingerprint density at radius 2 is 1.82 bits per heavy atom. The van der Waals surface area contributed by atoms with Crippen molar-refractivity contribution in [1.82, 2.24) is 5.32 Å². The largest absolute Gasteiger partial charge is 0.478 e. The summed E-state index contributed by atoms with van der Waals surface area (Å²) in [6.07, 6.45) is -3.44. The zero-order valence-corrected chi connectivity index (χ0v) is 15.4. The van der Waals surface area contributed by atoms with E-state index in [-0.39, 0.29) is 23.8 Å². The molecule has 0 heterocycles. The number of amides is 1. The summed E-state index contributed by atoms with van der Waals surface area (Å²) in [5.41, 5.74) is 0.647. The summed E-state index contributed by atoms with van der Waals surface area (Å²) in [4.78, 5) is 23.2. The average Bonchev–Trinajstić information content (AvgIpc) is 2.66. The number of alkyl halides is 3. The minimum absolute atomic E-state index is 0.141. The van der Waals surface area contributed by atoms with E-state index in [2.05, 4.69) is 5.32 Å². The van der Waals surface area contributed by atoms with Crippen LogP contribution < -0.4 is 5.32 Å². The van der Waals surface area contributed by atoms with E-state index >= 15 is 0 Å². The van der Waals surface area contributed by atoms with E-state index in [1.54, 1.807) is 24.3 Å². The lowest BCUT2D eigenvalue weighted by Gasteiger charge is -2.15. The smallest absolute Gasteiger partial charge is 0.416 e. The van der Waals surface area contributed by atoms with Gasteiger partial charge in [0.05, 0.1) is 11.1 Å². The van der Waals surface area contributed by atoms with Crippen LogP contribution in [-0.2, 0) is 17.4 Å². The molecule has 1 unspecified atom stereocenters. The molecule has 2 aromatic rings. The van der Waals surface area contributed by atoms with Crippen LogP contribution in [0.15, 0.2) is 48.5 Å². The first-order valence-electron chi connectivity index (χ1n) is 8.93. The van der Waals surface area contributed by atoms with Crippen LogP contribution in [0.25, 0.3) is 0 Å². The molecule has 0 radical (unpaired) electrons. The highest BCUT2D eigenvalue weighted by atomic mass is 19.4. The summed E-state index contributed by atoms with van der Waals surface area (Å²) in [7, 11) is 0. The number of carboxylic acids is 1. The minimum atomic E-state index is -4.38. The molecule has 4 nitrogen and oxygen atoms in total. The Morgan fingerprint density at radius 1 is 1.11 bits per heavy atom. The third kappa shape index (κ3) is 6.11. The average molecular weight is 393 g/mol. The van der Waals surface area contributed by atoms with Crippen molar-refractivity contribution in [3.63, 3.8) is 0 Å². The molecule has 0 aromatic heterocycles. The van der Waals surface area contributed by atoms with Gasteiger partial charge < -0.3 is 10.4 Å². The van der Waals surface area contributed by atoms with Gasteiger partial charge in [-0.15, -0.1) is 0 Å². The first-order valence-corrected chi connectivity index (χ1v) is 8.93. The van der Waals surface area contributed by atoms with E-state index in [4.69, 9.17) is 5.11 Å². The number of aryl methyl sites for hydroxylation is 1. The first-order chi connectivity index (χ1) is 13.2. The quantitative estimate of drug-likeness (QED) is 0.686. The van der Waals surface area contributed by atoms with E-state index in [1.165, 1.54) is 12.1 Å². The third-order valence-corrected chi connectivity index (χ3v) is 4.55. The van der Waals surface area contributed by atoms with Crippen LogP contribution in [0, 0.1) is 0 Å². The second kappa shape index (κ2) is 9.39. The molecule has 0 saturated carbocycles. The Labute approximate surface area is 161 Å². The van der Waals surface area contributed by atoms with Crippen LogP contribution in [0.3, 0.4) is 0 Å². The highest BCUT2D eigenvalue weighted by molar-refractivity contribution is 5.89. The van der Waals surface area contributed by atoms with Gasteiger partial charge in [0.25, 0.3) is 0 Å². The second-order valence-electron chi connectivity index (χ2n) is 6.63. The lowest BCUT2D eigenvalue weighted by Crippen LogP contribution is -2.25. The van der Waals surface area contributed by atoms with Gasteiger partial charge in [-0.25, -0.2) is 4.79 Å². The number of benzene rings is 2. The molecular weight excluding hydrogens is 371 g/mol. The normalized spacial score (nSPS) is 12.4. The topological polar surface area (TPSA) is 66.4 Å². The van der Waals surface area contributed by atoms with Gasteiger partial charge in [0.2, 0.25) is 5.91 Å². The van der Waals surface area contributed by atoms with Crippen LogP contribution in [0.5, 0.6) is 0 Å². The first kappa shape index (κ1) is 21.5. The van der Waals surface area contributed by atoms with Gasteiger partial charge in [0.1, 0.15) is 0 Å². The summed E-state index contributed by atoms with van der Waals surface area (Å²) < 4.78 is 38.4. The fraction of sp³-hybridized carbons (Fsp3) is 0.333. The fourth-order valence-corrected chi connectivity index (χ4v) is 2.90. The number of carbonyl (C=O) groups excluding carboxylic acids is 1. The summed E-state index contributed by atoms with van der Waals surface area (Å²) in [6, 6.07) is 11.7. The monoisotopic (exact) mass is 393 g/mol. The molecular formula is C21H22F3NO3. The van der Waals surface area contributed by atoms with Crippen LogP contribution in [0.4, 0.5) is 13.2 Å². The van der Waals surface area contributed by atoms with Gasteiger partial charge in [-0.3, -0.25) is 4.79 Å². The molecule has 7 heteroatoms. The van der Waals surface area contributed by atoms with Gasteiger partial charge in [0.15, 0.2) is 0 Å². The number of aromatic carboxylic acids is 1. The number of hydrogen-bond acceptors (Lipinski definition) is 2. The molecule has 2 rings (SSSR count). The highest BCUT2D eigenvalue weighted by Crippen LogP contribution is 2.31. The number of carbonyl (C=O) groups is 2. The van der Waals surface area contributed by atoms with Crippen molar-refractivity contribution in [3.05, 3.63) is 70.8 Å². The maximum atomic E-state index is 12.8. The van der Waals surface area contributed by atoms with Crippen LogP contribution >= 0.6 is 0 Å². The van der Waals surface area contributed by atoms with Crippen LogP contribution in [-0.4, -0.2) is 23.5 Å². The van der Waals surface area contributed by atoms with E-state index in [9.17, 15) is 22.8 Å². The van der Waals surface area contributed by atoms with Gasteiger partial charge in [-0.2, -0.15) is 13.2 Å². The molecule has 1 amide bonds. The Balaban J connectivity index is 1.82. The van der Waals surface area contributed by atoms with Crippen molar-refractivity contribution in [3.8, 4) is 0 Å². The van der Waals surface area contributed by atoms with Crippen molar-refractivity contribution in [2.24, 2.45) is 0 Å².